The molecule has 4 aromatic rings. The van der Waals surface area contributed by atoms with Gasteiger partial charge in [0.15, 0.2) is 11.6 Å². The molecule has 0 unspecified atom stereocenters. The van der Waals surface area contributed by atoms with E-state index in [4.69, 9.17) is 0 Å². The van der Waals surface area contributed by atoms with Crippen molar-refractivity contribution in [1.29, 1.82) is 0 Å². The molecule has 8 nitrogen and oxygen atoms in total. The first-order chi connectivity index (χ1) is 18.5. The van der Waals surface area contributed by atoms with E-state index in [2.05, 4.69) is 20.6 Å². The number of fused-ring (bicyclic) bond motifs is 4. The number of aliphatic imine (C=N–C) groups is 2. The lowest BCUT2D eigenvalue weighted by Crippen LogP contribution is -2.26. The van der Waals surface area contributed by atoms with Crippen molar-refractivity contribution < 1.29 is 19.2 Å². The van der Waals surface area contributed by atoms with E-state index >= 15 is 0 Å². The number of amides is 2. The largest absolute Gasteiger partial charge is 0.339 e. The Morgan fingerprint density at radius 1 is 0.421 bits per heavy atom. The maximum Gasteiger partial charge on any atom is 0.279 e. The summed E-state index contributed by atoms with van der Waals surface area (Å²) < 4.78 is 0. The molecule has 0 aromatic heterocycles. The number of benzene rings is 4. The zero-order valence-electron chi connectivity index (χ0n) is 19.6. The molecular weight excluding hydrogens is 480 g/mol. The number of rotatable bonds is 2. The van der Waals surface area contributed by atoms with Crippen molar-refractivity contribution in [1.82, 2.24) is 0 Å². The van der Waals surface area contributed by atoms with Crippen LogP contribution >= 0.6 is 0 Å². The molecule has 0 saturated carbocycles. The lowest BCUT2D eigenvalue weighted by molar-refractivity contribution is 0.0980. The van der Waals surface area contributed by atoms with Gasteiger partial charge in [-0.1, -0.05) is 60.7 Å². The highest BCUT2D eigenvalue weighted by Crippen LogP contribution is 2.36. The third-order valence-electron chi connectivity index (χ3n) is 6.83. The quantitative estimate of drug-likeness (QED) is 0.372. The van der Waals surface area contributed by atoms with Crippen molar-refractivity contribution in [2.75, 3.05) is 10.6 Å². The number of amidine groups is 2. The summed E-state index contributed by atoms with van der Waals surface area (Å²) >= 11 is 0. The fraction of sp³-hybridized carbons (Fsp3) is 0. The van der Waals surface area contributed by atoms with Gasteiger partial charge in [-0.2, -0.15) is 9.98 Å². The summed E-state index contributed by atoms with van der Waals surface area (Å²) in [5.74, 6) is -0.780. The Morgan fingerprint density at radius 3 is 1.21 bits per heavy atom. The molecule has 3 aliphatic rings. The number of nitrogens with zero attached hydrogens (tertiary/aromatic N) is 2. The minimum Gasteiger partial charge on any atom is -0.339 e. The lowest BCUT2D eigenvalue weighted by atomic mass is 9.82. The summed E-state index contributed by atoms with van der Waals surface area (Å²) in [5, 5.41) is 6.22. The van der Waals surface area contributed by atoms with Crippen LogP contribution in [0.15, 0.2) is 94.9 Å². The van der Waals surface area contributed by atoms with Crippen molar-refractivity contribution in [3.63, 3.8) is 0 Å². The average molecular weight is 496 g/mol. The number of nitrogens with one attached hydrogen (secondary N) is 2. The standard InChI is InChI=1S/C30H16N4O4/c35-25-20-12-6-14-22(32-28-16-8-2-4-10-18(16)30(38)34-28)24(20)26(36)19-11-5-13-21(23(19)25)31-27-15-7-1-3-9-17(15)29(37)33-27/h1-14H,(H,31,33,37)(H,32,34,38). The Labute approximate surface area is 215 Å². The van der Waals surface area contributed by atoms with Gasteiger partial charge in [0.1, 0.15) is 11.7 Å². The van der Waals surface area contributed by atoms with Crippen LogP contribution < -0.4 is 10.6 Å². The van der Waals surface area contributed by atoms with Crippen LogP contribution in [0.3, 0.4) is 0 Å². The van der Waals surface area contributed by atoms with E-state index < -0.39 is 0 Å². The highest BCUT2D eigenvalue weighted by molar-refractivity contribution is 6.34. The summed E-state index contributed by atoms with van der Waals surface area (Å²) in [6, 6.07) is 24.0. The maximum absolute atomic E-state index is 13.8. The van der Waals surface area contributed by atoms with E-state index in [-0.39, 0.29) is 45.6 Å². The minimum atomic E-state index is -0.369. The second kappa shape index (κ2) is 8.01. The molecule has 2 amide bonds. The van der Waals surface area contributed by atoms with Gasteiger partial charge in [0.2, 0.25) is 0 Å². The van der Waals surface area contributed by atoms with Gasteiger partial charge >= 0.3 is 0 Å². The van der Waals surface area contributed by atoms with Crippen molar-refractivity contribution in [2.24, 2.45) is 9.98 Å². The molecule has 2 aliphatic heterocycles. The molecule has 0 saturated heterocycles. The SMILES string of the molecule is O=C1N=C(Nc2cccc3c2C(=O)c2cccc(NC4=NC(=O)c5ccccc54)c2C3=O)c2ccccc21. The van der Waals surface area contributed by atoms with Crippen LogP contribution in [0.2, 0.25) is 0 Å². The van der Waals surface area contributed by atoms with Crippen LogP contribution in [0, 0.1) is 0 Å². The van der Waals surface area contributed by atoms with Crippen LogP contribution in [0.5, 0.6) is 0 Å². The first-order valence-electron chi connectivity index (χ1n) is 11.9. The number of anilines is 2. The van der Waals surface area contributed by atoms with Gasteiger partial charge in [-0.05, 0) is 24.3 Å². The zero-order valence-corrected chi connectivity index (χ0v) is 19.6. The van der Waals surface area contributed by atoms with Crippen LogP contribution in [0.1, 0.15) is 63.7 Å². The zero-order chi connectivity index (χ0) is 26.0. The molecular formula is C30H16N4O4. The van der Waals surface area contributed by atoms with Gasteiger partial charge in [0, 0.05) is 22.3 Å². The topological polar surface area (TPSA) is 117 Å². The molecule has 0 fully saturated rings. The molecule has 7 rings (SSSR count). The van der Waals surface area contributed by atoms with Crippen molar-refractivity contribution in [3.8, 4) is 0 Å². The highest BCUT2D eigenvalue weighted by atomic mass is 16.2. The second-order valence-electron chi connectivity index (χ2n) is 8.99. The maximum atomic E-state index is 13.8. The molecule has 0 spiro atoms. The molecule has 2 N–H and O–H groups in total. The van der Waals surface area contributed by atoms with Gasteiger partial charge in [-0.25, -0.2) is 0 Å². The molecule has 38 heavy (non-hydrogen) atoms. The van der Waals surface area contributed by atoms with Gasteiger partial charge < -0.3 is 10.6 Å². The van der Waals surface area contributed by atoms with E-state index in [0.717, 1.165) is 0 Å². The van der Waals surface area contributed by atoms with Crippen LogP contribution in [-0.4, -0.2) is 35.1 Å². The fourth-order valence-corrected chi connectivity index (χ4v) is 5.09. The molecule has 180 valence electrons. The summed E-state index contributed by atoms with van der Waals surface area (Å²) in [6.07, 6.45) is 0. The van der Waals surface area contributed by atoms with E-state index in [1.807, 2.05) is 0 Å². The Balaban J connectivity index is 1.28. The molecule has 0 atom stereocenters. The normalized spacial score (nSPS) is 14.8. The number of hydrogen-bond donors (Lipinski definition) is 2. The van der Waals surface area contributed by atoms with Crippen molar-refractivity contribution in [3.05, 3.63) is 129 Å². The van der Waals surface area contributed by atoms with Gasteiger partial charge in [0.05, 0.1) is 33.6 Å². The van der Waals surface area contributed by atoms with E-state index in [0.29, 0.717) is 45.3 Å². The molecule has 1 aliphatic carbocycles. The van der Waals surface area contributed by atoms with Gasteiger partial charge in [-0.15, -0.1) is 0 Å². The summed E-state index contributed by atoms with van der Waals surface area (Å²) in [5.41, 5.74) is 3.83. The Hall–Kier alpha value is -5.50. The van der Waals surface area contributed by atoms with Crippen molar-refractivity contribution in [2.45, 2.75) is 0 Å². The second-order valence-corrected chi connectivity index (χ2v) is 8.99. The third kappa shape index (κ3) is 3.10. The first-order valence-corrected chi connectivity index (χ1v) is 11.9. The van der Waals surface area contributed by atoms with Crippen LogP contribution in [-0.2, 0) is 0 Å². The number of carbonyl (C=O) groups excluding carboxylic acids is 4. The Bertz CT molecular complexity index is 1720. The molecule has 4 aromatic carbocycles. The predicted molar refractivity (Wildman–Crippen MR) is 142 cm³/mol. The monoisotopic (exact) mass is 496 g/mol. The predicted octanol–water partition coefficient (Wildman–Crippen LogP) is 4.49. The fourth-order valence-electron chi connectivity index (χ4n) is 5.09. The molecule has 2 heterocycles. The van der Waals surface area contributed by atoms with E-state index in [9.17, 15) is 19.2 Å². The van der Waals surface area contributed by atoms with Crippen molar-refractivity contribution >= 4 is 46.4 Å². The Morgan fingerprint density at radius 2 is 0.789 bits per heavy atom. The molecule has 8 heteroatoms. The number of carbonyl (C=O) groups is 4. The third-order valence-corrected chi connectivity index (χ3v) is 6.83. The lowest BCUT2D eigenvalue weighted by Gasteiger charge is -2.23. The van der Waals surface area contributed by atoms with Gasteiger partial charge in [0.25, 0.3) is 11.8 Å². The number of hydrogen-bond acceptors (Lipinski definition) is 6. The van der Waals surface area contributed by atoms with Crippen LogP contribution in [0.25, 0.3) is 0 Å². The average Bonchev–Trinajstić information content (AvgIpc) is 3.43. The van der Waals surface area contributed by atoms with E-state index in [1.54, 1.807) is 84.9 Å². The summed E-state index contributed by atoms with van der Waals surface area (Å²) in [6.45, 7) is 0. The number of ketones is 2. The highest BCUT2D eigenvalue weighted by Gasteiger charge is 2.35. The summed E-state index contributed by atoms with van der Waals surface area (Å²) in [4.78, 5) is 60.4. The van der Waals surface area contributed by atoms with Gasteiger partial charge in [-0.3, -0.25) is 19.2 Å². The smallest absolute Gasteiger partial charge is 0.279 e. The molecule has 0 bridgehead atoms. The van der Waals surface area contributed by atoms with Crippen LogP contribution in [0.4, 0.5) is 11.4 Å². The van der Waals surface area contributed by atoms with E-state index in [1.165, 1.54) is 0 Å². The first kappa shape index (κ1) is 21.8. The minimum absolute atomic E-state index is 0.209. The summed E-state index contributed by atoms with van der Waals surface area (Å²) in [7, 11) is 0. The molecule has 0 radical (unpaired) electrons. The Kier molecular flexibility index (Phi) is 4.58.